The Kier molecular flexibility index (Phi) is 6.87. The Balaban J connectivity index is 0.00000280. The van der Waals surface area contributed by atoms with Gasteiger partial charge in [0.2, 0.25) is 5.91 Å². The number of rotatable bonds is 5. The molecule has 1 aliphatic heterocycles. The highest BCUT2D eigenvalue weighted by atomic mass is 35.5. The molecule has 0 bridgehead atoms. The lowest BCUT2D eigenvalue weighted by atomic mass is 10.1. The number of nitrogens with zero attached hydrogens (tertiary/aromatic N) is 5. The van der Waals surface area contributed by atoms with E-state index in [0.29, 0.717) is 17.8 Å². The number of fused-ring (bicyclic) bond motifs is 1. The summed E-state index contributed by atoms with van der Waals surface area (Å²) in [6, 6.07) is 0.204. The summed E-state index contributed by atoms with van der Waals surface area (Å²) in [7, 11) is 1.86. The smallest absolute Gasteiger partial charge is 0.338 e. The van der Waals surface area contributed by atoms with Gasteiger partial charge in [-0.15, -0.1) is 17.5 Å². The van der Waals surface area contributed by atoms with Crippen LogP contribution in [0.3, 0.4) is 0 Å². The lowest BCUT2D eigenvalue weighted by Crippen LogP contribution is -2.40. The van der Waals surface area contributed by atoms with Crippen LogP contribution >= 0.6 is 12.4 Å². The number of likely N-dealkylation sites (tertiary alicyclic amines) is 1. The number of carbonyl (C=O) groups excluding carboxylic acids is 1. The van der Waals surface area contributed by atoms with Crippen molar-refractivity contribution in [2.24, 2.45) is 0 Å². The maximum atomic E-state index is 12.9. The normalized spacial score (nSPS) is 17.2. The minimum atomic E-state index is -4.62. The fourth-order valence-corrected chi connectivity index (χ4v) is 3.68. The molecule has 0 radical (unpaired) electrons. The van der Waals surface area contributed by atoms with Crippen LogP contribution in [0.5, 0.6) is 0 Å². The number of hydrogen-bond donors (Lipinski definition) is 1. The van der Waals surface area contributed by atoms with Crippen molar-refractivity contribution in [2.45, 2.75) is 51.7 Å². The highest BCUT2D eigenvalue weighted by Crippen LogP contribution is 2.27. The third-order valence-corrected chi connectivity index (χ3v) is 5.03. The van der Waals surface area contributed by atoms with Gasteiger partial charge in [-0.2, -0.15) is 18.2 Å². The van der Waals surface area contributed by atoms with E-state index in [9.17, 15) is 18.0 Å². The molecule has 1 unspecified atom stereocenters. The molecule has 2 aromatic heterocycles. The third-order valence-electron chi connectivity index (χ3n) is 5.03. The summed E-state index contributed by atoms with van der Waals surface area (Å²) < 4.78 is 39.7. The number of nitrogens with one attached hydrogen (secondary N) is 1. The van der Waals surface area contributed by atoms with Crippen molar-refractivity contribution in [3.05, 3.63) is 22.8 Å². The van der Waals surface area contributed by atoms with Gasteiger partial charge in [0.25, 0.3) is 11.6 Å². The zero-order chi connectivity index (χ0) is 19.8. The second-order valence-electron chi connectivity index (χ2n) is 6.85. The van der Waals surface area contributed by atoms with Gasteiger partial charge in [0.05, 0.1) is 0 Å². The molecule has 3 rings (SSSR count). The van der Waals surface area contributed by atoms with Gasteiger partial charge >= 0.3 is 6.18 Å². The summed E-state index contributed by atoms with van der Waals surface area (Å²) in [5.74, 6) is -1.24. The molecule has 28 heavy (non-hydrogen) atoms. The summed E-state index contributed by atoms with van der Waals surface area (Å²) in [4.78, 5) is 22.1. The quantitative estimate of drug-likeness (QED) is 0.803. The fourth-order valence-electron chi connectivity index (χ4n) is 3.68. The number of aromatic nitrogens is 4. The summed E-state index contributed by atoms with van der Waals surface area (Å²) in [6.07, 6.45) is -1.96. The first-order valence-corrected chi connectivity index (χ1v) is 8.96. The lowest BCUT2D eigenvalue weighted by Gasteiger charge is -2.24. The van der Waals surface area contributed by atoms with Crippen LogP contribution in [0.4, 0.5) is 13.2 Å². The van der Waals surface area contributed by atoms with Crippen LogP contribution in [0.2, 0.25) is 0 Å². The maximum Gasteiger partial charge on any atom is 0.453 e. The SMILES string of the molecule is CNCC1CCCN1C(=O)CCc1c(C)nc2nc(C(F)(F)F)nn2c1C.Cl. The Hall–Kier alpha value is -1.94. The van der Waals surface area contributed by atoms with Crippen molar-refractivity contribution >= 4 is 24.1 Å². The number of hydrogen-bond acceptors (Lipinski definition) is 5. The third kappa shape index (κ3) is 4.38. The largest absolute Gasteiger partial charge is 0.453 e. The number of aryl methyl sites for hydroxylation is 2. The van der Waals surface area contributed by atoms with E-state index in [4.69, 9.17) is 0 Å². The van der Waals surface area contributed by atoms with Crippen LogP contribution in [0.15, 0.2) is 0 Å². The zero-order valence-corrected chi connectivity index (χ0v) is 16.8. The van der Waals surface area contributed by atoms with Crippen LogP contribution in [0.1, 0.15) is 42.0 Å². The first kappa shape index (κ1) is 22.4. The Labute approximate surface area is 167 Å². The number of alkyl halides is 3. The Bertz CT molecular complexity index is 854. The number of halogens is 4. The standard InChI is InChI=1S/C17H23F3N6O.ClH/c1-10-13(6-7-14(27)25-8-4-5-12(25)9-21-3)11(2)26-16(22-10)23-15(24-26)17(18,19)20;/h12,21H,4-9H2,1-3H3;1H. The molecule has 3 heterocycles. The van der Waals surface area contributed by atoms with E-state index in [-0.39, 0.29) is 36.6 Å². The molecule has 1 fully saturated rings. The predicted octanol–water partition coefficient (Wildman–Crippen LogP) is 2.32. The minimum Gasteiger partial charge on any atom is -0.338 e. The molecule has 1 amide bonds. The first-order chi connectivity index (χ1) is 12.7. The molecule has 0 saturated carbocycles. The second kappa shape index (κ2) is 8.60. The van der Waals surface area contributed by atoms with Gasteiger partial charge in [0.1, 0.15) is 0 Å². The lowest BCUT2D eigenvalue weighted by molar-refractivity contribution is -0.144. The van der Waals surface area contributed by atoms with Crippen LogP contribution < -0.4 is 5.32 Å². The molecular weight excluding hydrogens is 397 g/mol. The van der Waals surface area contributed by atoms with E-state index in [1.54, 1.807) is 13.8 Å². The second-order valence-corrected chi connectivity index (χ2v) is 6.85. The van der Waals surface area contributed by atoms with Crippen molar-refractivity contribution in [1.82, 2.24) is 29.8 Å². The molecule has 0 aromatic carbocycles. The van der Waals surface area contributed by atoms with Gasteiger partial charge in [0.15, 0.2) is 0 Å². The van der Waals surface area contributed by atoms with E-state index in [0.717, 1.165) is 36.0 Å². The highest BCUT2D eigenvalue weighted by Gasteiger charge is 2.37. The van der Waals surface area contributed by atoms with Gasteiger partial charge < -0.3 is 10.2 Å². The van der Waals surface area contributed by atoms with Gasteiger partial charge in [-0.3, -0.25) is 4.79 Å². The highest BCUT2D eigenvalue weighted by molar-refractivity contribution is 5.85. The molecule has 11 heteroatoms. The van der Waals surface area contributed by atoms with Gasteiger partial charge in [-0.1, -0.05) is 0 Å². The van der Waals surface area contributed by atoms with E-state index in [2.05, 4.69) is 20.4 Å². The van der Waals surface area contributed by atoms with Crippen molar-refractivity contribution in [2.75, 3.05) is 20.1 Å². The van der Waals surface area contributed by atoms with E-state index >= 15 is 0 Å². The summed E-state index contributed by atoms with van der Waals surface area (Å²) in [5.41, 5.74) is 1.84. The van der Waals surface area contributed by atoms with E-state index in [1.807, 2.05) is 11.9 Å². The average molecular weight is 421 g/mol. The molecule has 0 spiro atoms. The molecule has 1 aliphatic rings. The van der Waals surface area contributed by atoms with Gasteiger partial charge in [-0.25, -0.2) is 9.50 Å². The molecule has 1 atom stereocenters. The van der Waals surface area contributed by atoms with Crippen molar-refractivity contribution in [1.29, 1.82) is 0 Å². The van der Waals surface area contributed by atoms with Crippen LogP contribution in [-0.2, 0) is 17.4 Å². The molecular formula is C17H24ClF3N6O. The van der Waals surface area contributed by atoms with Gasteiger partial charge in [-0.05, 0) is 45.7 Å². The zero-order valence-electron chi connectivity index (χ0n) is 16.0. The Morgan fingerprint density at radius 2 is 2.00 bits per heavy atom. The van der Waals surface area contributed by atoms with Gasteiger partial charge in [0, 0.05) is 36.9 Å². The van der Waals surface area contributed by atoms with Crippen molar-refractivity contribution in [3.63, 3.8) is 0 Å². The topological polar surface area (TPSA) is 75.4 Å². The van der Waals surface area contributed by atoms with Crippen LogP contribution in [-0.4, -0.2) is 56.6 Å². The molecule has 2 aromatic rings. The van der Waals surface area contributed by atoms with Crippen molar-refractivity contribution < 1.29 is 18.0 Å². The molecule has 156 valence electrons. The minimum absolute atomic E-state index is 0. The summed E-state index contributed by atoms with van der Waals surface area (Å²) in [6.45, 7) is 4.90. The van der Waals surface area contributed by atoms with Crippen molar-refractivity contribution in [3.8, 4) is 0 Å². The molecule has 1 saturated heterocycles. The summed E-state index contributed by atoms with van der Waals surface area (Å²) in [5, 5.41) is 6.65. The molecule has 0 aliphatic carbocycles. The Morgan fingerprint density at radius 3 is 2.64 bits per heavy atom. The maximum absolute atomic E-state index is 12.9. The number of likely N-dealkylation sites (N-methyl/N-ethyl adjacent to an activating group) is 1. The van der Waals surface area contributed by atoms with Crippen LogP contribution in [0.25, 0.3) is 5.78 Å². The molecule has 1 N–H and O–H groups in total. The van der Waals surface area contributed by atoms with Crippen LogP contribution in [0, 0.1) is 13.8 Å². The average Bonchev–Trinajstić information content (AvgIpc) is 3.21. The number of carbonyl (C=O) groups is 1. The van der Waals surface area contributed by atoms with E-state index < -0.39 is 12.0 Å². The molecule has 7 nitrogen and oxygen atoms in total. The Morgan fingerprint density at radius 1 is 1.29 bits per heavy atom. The summed E-state index contributed by atoms with van der Waals surface area (Å²) >= 11 is 0. The first-order valence-electron chi connectivity index (χ1n) is 8.96. The fraction of sp³-hybridized carbons (Fsp3) is 0.647. The predicted molar refractivity (Wildman–Crippen MR) is 99.5 cm³/mol. The van der Waals surface area contributed by atoms with E-state index in [1.165, 1.54) is 0 Å². The monoisotopic (exact) mass is 420 g/mol. The number of amides is 1.